The van der Waals surface area contributed by atoms with Crippen LogP contribution in [0.25, 0.3) is 0 Å². The van der Waals surface area contributed by atoms with Gasteiger partial charge in [-0.15, -0.1) is 0 Å². The summed E-state index contributed by atoms with van der Waals surface area (Å²) in [5, 5.41) is 120. The van der Waals surface area contributed by atoms with Gasteiger partial charge in [-0.2, -0.15) is 0 Å². The van der Waals surface area contributed by atoms with Crippen molar-refractivity contribution in [3.63, 3.8) is 0 Å². The van der Waals surface area contributed by atoms with E-state index in [1.165, 1.54) is 0 Å². The minimum atomic E-state index is 0. The molecule has 0 fully saturated rings. The van der Waals surface area contributed by atoms with Crippen LogP contribution in [-0.2, 0) is 0 Å². The van der Waals surface area contributed by atoms with Crippen molar-refractivity contribution in [1.29, 1.82) is 0 Å². The number of hydrogen-bond donors (Lipinski definition) is 20. The molecule has 21 heavy (non-hydrogen) atoms. The van der Waals surface area contributed by atoms with E-state index in [0.717, 1.165) is 0 Å². The molecule has 0 rings (SSSR count). The van der Waals surface area contributed by atoms with E-state index in [1.54, 1.807) is 0 Å². The van der Waals surface area contributed by atoms with Crippen molar-refractivity contribution in [2.45, 2.75) is 0 Å². The maximum atomic E-state index is 6.00. The van der Waals surface area contributed by atoms with E-state index in [9.17, 15) is 0 Å². The summed E-state index contributed by atoms with van der Waals surface area (Å²) < 4.78 is 0. The summed E-state index contributed by atoms with van der Waals surface area (Å²) in [5.41, 5.74) is 0. The van der Waals surface area contributed by atoms with Gasteiger partial charge in [0.05, 0.1) is 0 Å². The third kappa shape index (κ3) is 33000. The Hall–Kier alpha value is 0.460. The molecular weight excluding hydrogens is 360 g/mol. The van der Waals surface area contributed by atoms with Crippen LogP contribution in [-0.4, -0.2) is 143 Å². The van der Waals surface area contributed by atoms with Crippen molar-refractivity contribution in [3.05, 3.63) is 0 Å². The van der Waals surface area contributed by atoms with E-state index in [1.807, 2.05) is 0 Å². The first-order chi connectivity index (χ1) is 10.0. The molecule has 0 atom stereocenters. The third-order valence-corrected chi connectivity index (χ3v) is 0. The monoisotopic (exact) mass is 382 g/mol. The van der Waals surface area contributed by atoms with Crippen molar-refractivity contribution in [2.24, 2.45) is 0 Å². The first kappa shape index (κ1) is 82.1. The van der Waals surface area contributed by atoms with Gasteiger partial charge in [0, 0.05) is 0 Å². The Labute approximate surface area is 143 Å². The number of hydrogen-bond acceptors (Lipinski definition) is 20. The quantitative estimate of drug-likeness (QED) is 0.139. The Morgan fingerprint density at radius 2 is 0.143 bits per heavy atom. The Bertz CT molecular complexity index is 5.80. The van der Waals surface area contributed by atoms with Crippen molar-refractivity contribution in [1.82, 2.24) is 0 Å². The van der Waals surface area contributed by atoms with E-state index >= 15 is 0 Å². The van der Waals surface area contributed by atoms with Gasteiger partial charge in [0.15, 0.2) is 0 Å². The van der Waals surface area contributed by atoms with E-state index in [-0.39, 0.29) is 37.7 Å². The Morgan fingerprint density at radius 1 is 0.143 bits per heavy atom. The average molecular weight is 382 g/mol. The first-order valence-corrected chi connectivity index (χ1v) is 2.00. The van der Waals surface area contributed by atoms with Crippen LogP contribution >= 0.6 is 0 Å². The molecule has 0 saturated heterocycles. The van der Waals surface area contributed by atoms with E-state index in [0.29, 0.717) is 0 Å². The second-order valence-corrected chi connectivity index (χ2v) is 0. The molecule has 0 aromatic heterocycles. The molecule has 0 bridgehead atoms. The fourth-order valence-corrected chi connectivity index (χ4v) is 0. The molecule has 21 heteroatoms. The van der Waals surface area contributed by atoms with Gasteiger partial charge in [-0.1, -0.05) is 0 Å². The molecule has 144 valence electrons. The second kappa shape index (κ2) is 36700. The zero-order valence-electron chi connectivity index (χ0n) is 8.94. The zero-order chi connectivity index (χ0) is 20.0. The summed E-state index contributed by atoms with van der Waals surface area (Å²) in [6.45, 7) is 0. The van der Waals surface area contributed by atoms with Crippen molar-refractivity contribution < 1.29 is 105 Å². The molecule has 0 radical (unpaired) electrons. The molecule has 0 aliphatic carbocycles. The molecule has 0 aromatic rings. The molecule has 0 aromatic carbocycles. The van der Waals surface area contributed by atoms with Crippen LogP contribution in [0.15, 0.2) is 0 Å². The van der Waals surface area contributed by atoms with Crippen LogP contribution in [0.2, 0.25) is 0 Å². The van der Waals surface area contributed by atoms with Crippen molar-refractivity contribution in [2.75, 3.05) is 0 Å². The summed E-state index contributed by atoms with van der Waals surface area (Å²) in [6.07, 6.45) is 0. The summed E-state index contributed by atoms with van der Waals surface area (Å²) in [7, 11) is 0. The van der Waals surface area contributed by atoms with Crippen LogP contribution in [0.5, 0.6) is 0 Å². The van der Waals surface area contributed by atoms with Gasteiger partial charge in [-0.05, 0) is 0 Å². The normalized spacial score (nSPS) is 2.86. The molecule has 0 aliphatic heterocycles. The van der Waals surface area contributed by atoms with Gasteiger partial charge >= 0.3 is 37.7 Å². The molecule has 0 aliphatic rings. The molecule has 0 heterocycles. The van der Waals surface area contributed by atoms with Crippen LogP contribution in [0.3, 0.4) is 0 Å². The minimum absolute atomic E-state index is 0. The van der Waals surface area contributed by atoms with Gasteiger partial charge in [0.2, 0.25) is 0 Å². The van der Waals surface area contributed by atoms with Crippen LogP contribution in [0.4, 0.5) is 0 Å². The van der Waals surface area contributed by atoms with Gasteiger partial charge in [-0.3, -0.25) is 105 Å². The number of rotatable bonds is 0. The molecule has 0 amide bonds. The van der Waals surface area contributed by atoms with Crippen LogP contribution in [0, 0.1) is 0 Å². The molecule has 20 nitrogen and oxygen atoms in total. The Kier molecular flexibility index (Phi) is 143000. The van der Waals surface area contributed by atoms with E-state index in [2.05, 4.69) is 0 Å². The summed E-state index contributed by atoms with van der Waals surface area (Å²) in [4.78, 5) is 0. The van der Waals surface area contributed by atoms with E-state index < -0.39 is 0 Å². The SMILES string of the molecule is OO.OO.OO.OO.OO.OO.OO.OO.OO.OO.[CaH2]. The molecule has 0 spiro atoms. The van der Waals surface area contributed by atoms with Gasteiger partial charge in [0.25, 0.3) is 0 Å². The van der Waals surface area contributed by atoms with Gasteiger partial charge in [0.1, 0.15) is 0 Å². The standard InChI is InChI=1S/Ca.10H2O2.2H/c;10*1-2;;/h;10*1-2H;;. The van der Waals surface area contributed by atoms with Gasteiger partial charge in [-0.25, -0.2) is 0 Å². The molecular formula is H22CaO20. The van der Waals surface area contributed by atoms with Crippen molar-refractivity contribution >= 4 is 37.7 Å². The molecule has 0 unspecified atom stereocenters. The first-order valence-electron chi connectivity index (χ1n) is 2.00. The van der Waals surface area contributed by atoms with Crippen LogP contribution in [0.1, 0.15) is 0 Å². The molecule has 0 saturated carbocycles. The summed E-state index contributed by atoms with van der Waals surface area (Å²) in [6, 6.07) is 0. The summed E-state index contributed by atoms with van der Waals surface area (Å²) in [5.74, 6) is 0. The molecule has 20 N–H and O–H groups in total. The summed E-state index contributed by atoms with van der Waals surface area (Å²) >= 11 is 0. The second-order valence-electron chi connectivity index (χ2n) is 0. The van der Waals surface area contributed by atoms with Crippen molar-refractivity contribution in [3.8, 4) is 0 Å². The Balaban J connectivity index is -0.00000000585. The van der Waals surface area contributed by atoms with Crippen LogP contribution < -0.4 is 0 Å². The fourth-order valence-electron chi connectivity index (χ4n) is 0. The average Bonchev–Trinajstić information content (AvgIpc) is 2.71. The van der Waals surface area contributed by atoms with Gasteiger partial charge < -0.3 is 0 Å². The van der Waals surface area contributed by atoms with E-state index in [4.69, 9.17) is 105 Å². The topological polar surface area (TPSA) is 405 Å². The fraction of sp³-hybridized carbons (Fsp3) is 0. The zero-order valence-corrected chi connectivity index (χ0v) is 8.94. The third-order valence-electron chi connectivity index (χ3n) is 0. The Morgan fingerprint density at radius 3 is 0.143 bits per heavy atom. The predicted molar refractivity (Wildman–Crippen MR) is 61.1 cm³/mol. The predicted octanol–water partition coefficient (Wildman–Crippen LogP) is -0.742. The maximum absolute atomic E-state index is 6.00.